The van der Waals surface area contributed by atoms with Gasteiger partial charge in [0.1, 0.15) is 0 Å². The first-order chi connectivity index (χ1) is 7.31. The van der Waals surface area contributed by atoms with Gasteiger partial charge in [0.2, 0.25) is 6.41 Å². The van der Waals surface area contributed by atoms with Crippen LogP contribution in [-0.4, -0.2) is 12.3 Å². The van der Waals surface area contributed by atoms with Crippen LogP contribution in [0, 0.1) is 0 Å². The molecule has 2 aromatic carbocycles. The standard InChI is InChI=1S/C12H9NO2.ClH/c14-8-13-12(15)11-6-5-9-3-1-2-4-10(9)7-11;/h1-8H,(H,13,14,15);1H. The van der Waals surface area contributed by atoms with Gasteiger partial charge >= 0.3 is 0 Å². The first-order valence-corrected chi connectivity index (χ1v) is 4.54. The lowest BCUT2D eigenvalue weighted by Gasteiger charge is -2.01. The summed E-state index contributed by atoms with van der Waals surface area (Å²) in [5.74, 6) is -0.379. The summed E-state index contributed by atoms with van der Waals surface area (Å²) >= 11 is 0. The van der Waals surface area contributed by atoms with Crippen molar-refractivity contribution in [2.45, 2.75) is 0 Å². The van der Waals surface area contributed by atoms with Crippen molar-refractivity contribution in [3.8, 4) is 0 Å². The number of benzene rings is 2. The van der Waals surface area contributed by atoms with Crippen LogP contribution in [0.1, 0.15) is 10.4 Å². The third-order valence-electron chi connectivity index (χ3n) is 2.20. The summed E-state index contributed by atoms with van der Waals surface area (Å²) < 4.78 is 0. The van der Waals surface area contributed by atoms with Crippen molar-refractivity contribution >= 4 is 35.5 Å². The molecule has 0 unspecified atom stereocenters. The van der Waals surface area contributed by atoms with Gasteiger partial charge in [-0.1, -0.05) is 30.3 Å². The topological polar surface area (TPSA) is 46.2 Å². The molecule has 3 nitrogen and oxygen atoms in total. The maximum absolute atomic E-state index is 11.3. The molecular weight excluding hydrogens is 226 g/mol. The molecule has 0 bridgehead atoms. The van der Waals surface area contributed by atoms with E-state index in [-0.39, 0.29) is 18.3 Å². The van der Waals surface area contributed by atoms with Gasteiger partial charge in [0, 0.05) is 5.56 Å². The summed E-state index contributed by atoms with van der Waals surface area (Å²) in [6.07, 6.45) is 0.386. The summed E-state index contributed by atoms with van der Waals surface area (Å²) in [6.45, 7) is 0. The van der Waals surface area contributed by atoms with Crippen molar-refractivity contribution < 1.29 is 9.59 Å². The van der Waals surface area contributed by atoms with E-state index in [0.717, 1.165) is 10.8 Å². The summed E-state index contributed by atoms with van der Waals surface area (Å²) in [4.78, 5) is 21.5. The number of imide groups is 1. The SMILES string of the molecule is Cl.O=CNC(=O)c1ccc2ccccc2c1. The highest BCUT2D eigenvalue weighted by Gasteiger charge is 2.04. The van der Waals surface area contributed by atoms with Gasteiger partial charge in [-0.15, -0.1) is 12.4 Å². The molecule has 0 aromatic heterocycles. The highest BCUT2D eigenvalue weighted by Crippen LogP contribution is 2.15. The lowest BCUT2D eigenvalue weighted by Crippen LogP contribution is -2.20. The average Bonchev–Trinajstić information content (AvgIpc) is 2.29. The lowest BCUT2D eigenvalue weighted by molar-refractivity contribution is -0.108. The van der Waals surface area contributed by atoms with Crippen LogP contribution in [0.5, 0.6) is 0 Å². The molecule has 0 saturated carbocycles. The van der Waals surface area contributed by atoms with Crippen molar-refractivity contribution in [2.75, 3.05) is 0 Å². The van der Waals surface area contributed by atoms with E-state index in [1.807, 2.05) is 30.3 Å². The normalized spacial score (nSPS) is 9.25. The highest BCUT2D eigenvalue weighted by molar-refractivity contribution is 6.02. The lowest BCUT2D eigenvalue weighted by atomic mass is 10.1. The van der Waals surface area contributed by atoms with Crippen molar-refractivity contribution in [3.05, 3.63) is 48.0 Å². The molecule has 0 aliphatic heterocycles. The zero-order valence-corrected chi connectivity index (χ0v) is 9.16. The molecule has 0 aliphatic carbocycles. The molecule has 0 aliphatic rings. The Balaban J connectivity index is 0.00000128. The third-order valence-corrected chi connectivity index (χ3v) is 2.20. The number of nitrogens with one attached hydrogen (secondary N) is 1. The summed E-state index contributed by atoms with van der Waals surface area (Å²) in [7, 11) is 0. The second-order valence-corrected chi connectivity index (χ2v) is 3.15. The zero-order chi connectivity index (χ0) is 10.7. The number of carbonyl (C=O) groups excluding carboxylic acids is 2. The average molecular weight is 236 g/mol. The molecule has 0 heterocycles. The van der Waals surface area contributed by atoms with E-state index in [9.17, 15) is 9.59 Å². The van der Waals surface area contributed by atoms with Crippen molar-refractivity contribution in [2.24, 2.45) is 0 Å². The Bertz CT molecular complexity index is 525. The number of fused-ring (bicyclic) bond motifs is 1. The Morgan fingerprint density at radius 2 is 1.75 bits per heavy atom. The van der Waals surface area contributed by atoms with Crippen molar-refractivity contribution in [1.82, 2.24) is 5.32 Å². The quantitative estimate of drug-likeness (QED) is 0.811. The number of rotatable bonds is 2. The minimum Gasteiger partial charge on any atom is -0.295 e. The second-order valence-electron chi connectivity index (χ2n) is 3.15. The fourth-order valence-electron chi connectivity index (χ4n) is 1.47. The van der Waals surface area contributed by atoms with Crippen LogP contribution in [0.3, 0.4) is 0 Å². The van der Waals surface area contributed by atoms with E-state index >= 15 is 0 Å². The van der Waals surface area contributed by atoms with E-state index < -0.39 is 0 Å². The first-order valence-electron chi connectivity index (χ1n) is 4.54. The molecule has 0 fully saturated rings. The molecule has 2 rings (SSSR count). The van der Waals surface area contributed by atoms with E-state index in [0.29, 0.717) is 12.0 Å². The minimum atomic E-state index is -0.379. The number of carbonyl (C=O) groups is 2. The van der Waals surface area contributed by atoms with E-state index in [2.05, 4.69) is 5.32 Å². The molecular formula is C12H10ClNO2. The Hall–Kier alpha value is -1.87. The highest BCUT2D eigenvalue weighted by atomic mass is 35.5. The van der Waals surface area contributed by atoms with Crippen LogP contribution in [0.15, 0.2) is 42.5 Å². The van der Waals surface area contributed by atoms with Crippen LogP contribution in [0.25, 0.3) is 10.8 Å². The van der Waals surface area contributed by atoms with Gasteiger partial charge in [-0.2, -0.15) is 0 Å². The van der Waals surface area contributed by atoms with Crippen LogP contribution >= 0.6 is 12.4 Å². The number of halogens is 1. The predicted molar refractivity (Wildman–Crippen MR) is 64.7 cm³/mol. The molecule has 16 heavy (non-hydrogen) atoms. The minimum absolute atomic E-state index is 0. The number of amides is 2. The van der Waals surface area contributed by atoms with Gasteiger partial charge in [-0.25, -0.2) is 0 Å². The van der Waals surface area contributed by atoms with Crippen LogP contribution in [0.2, 0.25) is 0 Å². The van der Waals surface area contributed by atoms with Gasteiger partial charge in [-0.3, -0.25) is 14.9 Å². The van der Waals surface area contributed by atoms with Crippen LogP contribution < -0.4 is 5.32 Å². The first kappa shape index (κ1) is 12.2. The summed E-state index contributed by atoms with van der Waals surface area (Å²) in [5.41, 5.74) is 0.487. The van der Waals surface area contributed by atoms with Crippen molar-refractivity contribution in [1.29, 1.82) is 0 Å². The van der Waals surface area contributed by atoms with Gasteiger partial charge < -0.3 is 0 Å². The van der Waals surface area contributed by atoms with E-state index in [1.165, 1.54) is 0 Å². The summed E-state index contributed by atoms with van der Waals surface area (Å²) in [5, 5.41) is 4.16. The largest absolute Gasteiger partial charge is 0.295 e. The molecule has 2 amide bonds. The molecule has 2 aromatic rings. The number of hydrogen-bond donors (Lipinski definition) is 1. The molecule has 4 heteroatoms. The molecule has 0 saturated heterocycles. The fraction of sp³-hybridized carbons (Fsp3) is 0. The maximum Gasteiger partial charge on any atom is 0.257 e. The summed E-state index contributed by atoms with van der Waals surface area (Å²) in [6, 6.07) is 13.0. The Labute approximate surface area is 98.9 Å². The monoisotopic (exact) mass is 235 g/mol. The number of hydrogen-bond acceptors (Lipinski definition) is 2. The molecule has 1 N–H and O–H groups in total. The van der Waals surface area contributed by atoms with Gasteiger partial charge in [0.15, 0.2) is 0 Å². The van der Waals surface area contributed by atoms with Gasteiger partial charge in [0.25, 0.3) is 5.91 Å². The third kappa shape index (κ3) is 2.38. The van der Waals surface area contributed by atoms with E-state index in [4.69, 9.17) is 0 Å². The Kier molecular flexibility index (Phi) is 4.03. The zero-order valence-electron chi connectivity index (χ0n) is 8.34. The predicted octanol–water partition coefficient (Wildman–Crippen LogP) is 2.15. The van der Waals surface area contributed by atoms with E-state index in [1.54, 1.807) is 12.1 Å². The van der Waals surface area contributed by atoms with Crippen LogP contribution in [0.4, 0.5) is 0 Å². The smallest absolute Gasteiger partial charge is 0.257 e. The molecule has 0 atom stereocenters. The Morgan fingerprint density at radius 3 is 2.44 bits per heavy atom. The second kappa shape index (κ2) is 5.28. The van der Waals surface area contributed by atoms with Crippen molar-refractivity contribution in [3.63, 3.8) is 0 Å². The molecule has 0 radical (unpaired) electrons. The van der Waals surface area contributed by atoms with Gasteiger partial charge in [-0.05, 0) is 22.9 Å². The van der Waals surface area contributed by atoms with Gasteiger partial charge in [0.05, 0.1) is 0 Å². The molecule has 0 spiro atoms. The maximum atomic E-state index is 11.3. The molecule has 82 valence electrons. The fourth-order valence-corrected chi connectivity index (χ4v) is 1.47. The van der Waals surface area contributed by atoms with Crippen LogP contribution in [-0.2, 0) is 4.79 Å². The Morgan fingerprint density at radius 1 is 1.06 bits per heavy atom.